The summed E-state index contributed by atoms with van der Waals surface area (Å²) in [5.74, 6) is 0.167. The Morgan fingerprint density at radius 3 is 2.83 bits per heavy atom. The van der Waals surface area contributed by atoms with Crippen LogP contribution >= 0.6 is 11.6 Å². The fourth-order valence-corrected chi connectivity index (χ4v) is 1.23. The van der Waals surface area contributed by atoms with E-state index in [9.17, 15) is 0 Å². The third-order valence-corrected chi connectivity index (χ3v) is 1.93. The Bertz CT molecular complexity index is 307. The maximum Gasteiger partial charge on any atom is 0.0950 e. The zero-order chi connectivity index (χ0) is 9.14. The van der Waals surface area contributed by atoms with Gasteiger partial charge in [-0.3, -0.25) is 5.41 Å². The highest BCUT2D eigenvalue weighted by Crippen LogP contribution is 2.15. The van der Waals surface area contributed by atoms with Crippen LogP contribution in [-0.2, 0) is 6.42 Å². The second kappa shape index (κ2) is 3.59. The normalized spacial score (nSPS) is 9.83. The Hall–Kier alpha value is -1.02. The van der Waals surface area contributed by atoms with Gasteiger partial charge in [-0.2, -0.15) is 0 Å². The predicted molar refractivity (Wildman–Crippen MR) is 51.8 cm³/mol. The molecule has 0 saturated carbocycles. The number of hydrogen-bond acceptors (Lipinski definition) is 1. The Labute approximate surface area is 76.9 Å². The molecule has 0 aliphatic rings. The lowest BCUT2D eigenvalue weighted by Crippen LogP contribution is -2.13. The molecule has 0 radical (unpaired) electrons. The smallest absolute Gasteiger partial charge is 0.0950 e. The molecule has 0 bridgehead atoms. The molecule has 0 heterocycles. The minimum atomic E-state index is 0.167. The summed E-state index contributed by atoms with van der Waals surface area (Å²) < 4.78 is 0. The van der Waals surface area contributed by atoms with E-state index in [0.717, 1.165) is 11.1 Å². The number of rotatable bonds is 2. The van der Waals surface area contributed by atoms with E-state index in [-0.39, 0.29) is 5.84 Å². The first-order valence-electron chi connectivity index (χ1n) is 3.67. The summed E-state index contributed by atoms with van der Waals surface area (Å²) in [7, 11) is 0. The number of nitrogens with one attached hydrogen (secondary N) is 1. The van der Waals surface area contributed by atoms with E-state index in [1.807, 2.05) is 25.1 Å². The van der Waals surface area contributed by atoms with Gasteiger partial charge in [0, 0.05) is 11.4 Å². The van der Waals surface area contributed by atoms with Crippen molar-refractivity contribution < 1.29 is 0 Å². The molecule has 0 aliphatic carbocycles. The van der Waals surface area contributed by atoms with E-state index in [1.165, 1.54) is 0 Å². The average Bonchev–Trinajstić information content (AvgIpc) is 1.96. The predicted octanol–water partition coefficient (Wildman–Crippen LogP) is 2.13. The van der Waals surface area contributed by atoms with Crippen LogP contribution < -0.4 is 5.73 Å². The van der Waals surface area contributed by atoms with Gasteiger partial charge in [0.05, 0.1) is 5.84 Å². The SMILES string of the molecule is Cc1ccc(Cl)cc1CC(=N)N. The third kappa shape index (κ3) is 2.24. The molecule has 1 rings (SSSR count). The van der Waals surface area contributed by atoms with Crippen LogP contribution in [0.25, 0.3) is 0 Å². The number of benzene rings is 1. The van der Waals surface area contributed by atoms with Crippen LogP contribution in [-0.4, -0.2) is 5.84 Å². The van der Waals surface area contributed by atoms with E-state index < -0.39 is 0 Å². The van der Waals surface area contributed by atoms with Gasteiger partial charge >= 0.3 is 0 Å². The molecule has 3 N–H and O–H groups in total. The topological polar surface area (TPSA) is 49.9 Å². The maximum atomic E-state index is 7.13. The van der Waals surface area contributed by atoms with Gasteiger partial charge in [0.25, 0.3) is 0 Å². The first-order chi connectivity index (χ1) is 5.59. The highest BCUT2D eigenvalue weighted by Gasteiger charge is 2.00. The molecule has 0 aliphatic heterocycles. The van der Waals surface area contributed by atoms with Crippen molar-refractivity contribution in [1.82, 2.24) is 0 Å². The number of nitrogens with two attached hydrogens (primary N) is 1. The minimum Gasteiger partial charge on any atom is -0.387 e. The molecular weight excluding hydrogens is 172 g/mol. The van der Waals surface area contributed by atoms with Gasteiger partial charge in [0.15, 0.2) is 0 Å². The van der Waals surface area contributed by atoms with Crippen LogP contribution in [0.1, 0.15) is 11.1 Å². The number of amidine groups is 1. The molecule has 2 nitrogen and oxygen atoms in total. The number of hydrogen-bond donors (Lipinski definition) is 2. The lowest BCUT2D eigenvalue weighted by Gasteiger charge is -2.04. The van der Waals surface area contributed by atoms with Gasteiger partial charge in [-0.05, 0) is 30.2 Å². The molecule has 12 heavy (non-hydrogen) atoms. The van der Waals surface area contributed by atoms with Crippen molar-refractivity contribution in [3.63, 3.8) is 0 Å². The van der Waals surface area contributed by atoms with Crippen LogP contribution in [0.5, 0.6) is 0 Å². The molecule has 64 valence electrons. The first kappa shape index (κ1) is 9.07. The fraction of sp³-hybridized carbons (Fsp3) is 0.222. The molecule has 0 unspecified atom stereocenters. The van der Waals surface area contributed by atoms with E-state index in [0.29, 0.717) is 11.4 Å². The van der Waals surface area contributed by atoms with Gasteiger partial charge < -0.3 is 5.73 Å². The third-order valence-electron chi connectivity index (χ3n) is 1.69. The van der Waals surface area contributed by atoms with Crippen molar-refractivity contribution in [2.24, 2.45) is 5.73 Å². The van der Waals surface area contributed by atoms with Gasteiger partial charge in [-0.1, -0.05) is 17.7 Å². The summed E-state index contributed by atoms with van der Waals surface area (Å²) in [5.41, 5.74) is 7.43. The summed E-state index contributed by atoms with van der Waals surface area (Å²) in [4.78, 5) is 0. The van der Waals surface area contributed by atoms with Gasteiger partial charge in [-0.15, -0.1) is 0 Å². The second-order valence-corrected chi connectivity index (χ2v) is 3.21. The largest absolute Gasteiger partial charge is 0.387 e. The van der Waals surface area contributed by atoms with E-state index in [4.69, 9.17) is 22.7 Å². The molecule has 0 spiro atoms. The van der Waals surface area contributed by atoms with E-state index in [2.05, 4.69) is 0 Å². The number of aryl methyl sites for hydroxylation is 1. The van der Waals surface area contributed by atoms with Gasteiger partial charge in [0.2, 0.25) is 0 Å². The monoisotopic (exact) mass is 182 g/mol. The quantitative estimate of drug-likeness (QED) is 0.534. The molecule has 0 aromatic heterocycles. The average molecular weight is 183 g/mol. The summed E-state index contributed by atoms with van der Waals surface area (Å²) in [6.07, 6.45) is 0.479. The summed E-state index contributed by atoms with van der Waals surface area (Å²) in [6, 6.07) is 5.61. The molecule has 0 atom stereocenters. The highest BCUT2D eigenvalue weighted by atomic mass is 35.5. The second-order valence-electron chi connectivity index (χ2n) is 2.77. The lowest BCUT2D eigenvalue weighted by molar-refractivity contribution is 1.21. The maximum absolute atomic E-state index is 7.13. The molecule has 0 fully saturated rings. The van der Waals surface area contributed by atoms with E-state index >= 15 is 0 Å². The van der Waals surface area contributed by atoms with Crippen LogP contribution in [0.4, 0.5) is 0 Å². The molecule has 0 saturated heterocycles. The van der Waals surface area contributed by atoms with Crippen molar-refractivity contribution in [3.8, 4) is 0 Å². The zero-order valence-electron chi connectivity index (χ0n) is 6.89. The summed E-state index contributed by atoms with van der Waals surface area (Å²) in [6.45, 7) is 1.98. The molecule has 1 aromatic rings. The van der Waals surface area contributed by atoms with Gasteiger partial charge in [0.1, 0.15) is 0 Å². The standard InChI is InChI=1S/C9H11ClN2/c1-6-2-3-8(10)4-7(6)5-9(11)12/h2-4H,5H2,1H3,(H3,11,12). The van der Waals surface area contributed by atoms with Crippen LogP contribution in [0.2, 0.25) is 5.02 Å². The van der Waals surface area contributed by atoms with Crippen LogP contribution in [0.15, 0.2) is 18.2 Å². The number of halogens is 1. The highest BCUT2D eigenvalue weighted by molar-refractivity contribution is 6.30. The van der Waals surface area contributed by atoms with Gasteiger partial charge in [-0.25, -0.2) is 0 Å². The Balaban J connectivity index is 2.97. The molecular formula is C9H11ClN2. The fourth-order valence-electron chi connectivity index (χ4n) is 1.04. The molecule has 1 aromatic carbocycles. The Kier molecular flexibility index (Phi) is 2.71. The Morgan fingerprint density at radius 2 is 2.25 bits per heavy atom. The van der Waals surface area contributed by atoms with Crippen molar-refractivity contribution in [1.29, 1.82) is 5.41 Å². The molecule has 0 amide bonds. The van der Waals surface area contributed by atoms with Crippen molar-refractivity contribution >= 4 is 17.4 Å². The van der Waals surface area contributed by atoms with Crippen molar-refractivity contribution in [2.45, 2.75) is 13.3 Å². The molecule has 3 heteroatoms. The van der Waals surface area contributed by atoms with Crippen molar-refractivity contribution in [2.75, 3.05) is 0 Å². The zero-order valence-corrected chi connectivity index (χ0v) is 7.65. The van der Waals surface area contributed by atoms with Crippen LogP contribution in [0, 0.1) is 12.3 Å². The summed E-state index contributed by atoms with van der Waals surface area (Å²) in [5, 5.41) is 7.83. The summed E-state index contributed by atoms with van der Waals surface area (Å²) >= 11 is 5.79. The first-order valence-corrected chi connectivity index (χ1v) is 4.05. The Morgan fingerprint density at radius 1 is 1.58 bits per heavy atom. The van der Waals surface area contributed by atoms with Crippen molar-refractivity contribution in [3.05, 3.63) is 34.3 Å². The minimum absolute atomic E-state index is 0.167. The van der Waals surface area contributed by atoms with Crippen LogP contribution in [0.3, 0.4) is 0 Å². The van der Waals surface area contributed by atoms with E-state index in [1.54, 1.807) is 0 Å². The lowest BCUT2D eigenvalue weighted by atomic mass is 10.1.